The molecule has 0 amide bonds. The van der Waals surface area contributed by atoms with Crippen LogP contribution in [0.5, 0.6) is 0 Å². The van der Waals surface area contributed by atoms with Crippen molar-refractivity contribution in [2.24, 2.45) is 7.05 Å². The summed E-state index contributed by atoms with van der Waals surface area (Å²) in [5, 5.41) is 8.88. The molecule has 0 radical (unpaired) electrons. The first-order valence-electron chi connectivity index (χ1n) is 9.64. The van der Waals surface area contributed by atoms with E-state index in [1.54, 1.807) is 29.8 Å². The van der Waals surface area contributed by atoms with Crippen LogP contribution in [0.2, 0.25) is 0 Å². The molecule has 30 heavy (non-hydrogen) atoms. The third kappa shape index (κ3) is 3.26. The van der Waals surface area contributed by atoms with Crippen LogP contribution in [-0.2, 0) is 7.05 Å². The molecule has 0 aliphatic carbocycles. The Morgan fingerprint density at radius 1 is 1.10 bits per heavy atom. The zero-order chi connectivity index (χ0) is 21.4. The van der Waals surface area contributed by atoms with E-state index < -0.39 is 11.1 Å². The second-order valence-corrected chi connectivity index (χ2v) is 7.40. The summed E-state index contributed by atoms with van der Waals surface area (Å²) in [6, 6.07) is 6.93. The lowest BCUT2D eigenvalue weighted by molar-refractivity contribution is 0.101. The first kappa shape index (κ1) is 19.5. The van der Waals surface area contributed by atoms with Gasteiger partial charge in [0, 0.05) is 31.7 Å². The number of ketones is 1. The van der Waals surface area contributed by atoms with Crippen molar-refractivity contribution in [3.8, 4) is 6.07 Å². The van der Waals surface area contributed by atoms with E-state index in [9.17, 15) is 14.4 Å². The molecule has 1 saturated heterocycles. The number of aryl methyl sites for hydroxylation is 1. The van der Waals surface area contributed by atoms with Crippen molar-refractivity contribution in [2.75, 3.05) is 18.0 Å². The normalized spacial score (nSPS) is 14.6. The van der Waals surface area contributed by atoms with Crippen LogP contribution in [0.3, 0.4) is 0 Å². The molecule has 1 fully saturated rings. The van der Waals surface area contributed by atoms with Crippen LogP contribution in [0.15, 0.2) is 40.2 Å². The Bertz CT molecular complexity index is 1290. The minimum Gasteiger partial charge on any atom is -0.341 e. The average molecular weight is 404 g/mol. The molecule has 9 heteroatoms. The third-order valence-corrected chi connectivity index (χ3v) is 5.59. The van der Waals surface area contributed by atoms with Gasteiger partial charge in [0.15, 0.2) is 5.78 Å². The number of aromatic nitrogens is 4. The topological polar surface area (TPSA) is 114 Å². The van der Waals surface area contributed by atoms with Gasteiger partial charge in [-0.3, -0.25) is 19.0 Å². The quantitative estimate of drug-likeness (QED) is 0.479. The number of hydrogen-bond donors (Lipinski definition) is 0. The van der Waals surface area contributed by atoms with E-state index in [0.29, 0.717) is 54.0 Å². The Kier molecular flexibility index (Phi) is 4.91. The smallest absolute Gasteiger partial charge is 0.317 e. The Morgan fingerprint density at radius 2 is 1.77 bits per heavy atom. The molecule has 0 unspecified atom stereocenters. The fraction of sp³-hybridized carbons (Fsp3) is 0.333. The Balaban J connectivity index is 1.68. The summed E-state index contributed by atoms with van der Waals surface area (Å²) in [5.74, 6) is 0.442. The molecule has 0 bridgehead atoms. The molecule has 0 spiro atoms. The summed E-state index contributed by atoms with van der Waals surface area (Å²) in [5.41, 5.74) is 0.923. The second kappa shape index (κ2) is 7.55. The van der Waals surface area contributed by atoms with E-state index in [1.807, 2.05) is 11.0 Å². The van der Waals surface area contributed by atoms with Gasteiger partial charge in [-0.05, 0) is 38.0 Å². The summed E-state index contributed by atoms with van der Waals surface area (Å²) < 4.78 is 2.87. The lowest BCUT2D eigenvalue weighted by Gasteiger charge is -2.33. The van der Waals surface area contributed by atoms with Crippen molar-refractivity contribution >= 4 is 22.8 Å². The maximum Gasteiger partial charge on any atom is 0.317 e. The number of fused-ring (bicyclic) bond motifs is 1. The van der Waals surface area contributed by atoms with E-state index in [4.69, 9.17) is 5.26 Å². The van der Waals surface area contributed by atoms with Gasteiger partial charge in [0.05, 0.1) is 29.0 Å². The van der Waals surface area contributed by atoms with E-state index >= 15 is 0 Å². The molecule has 1 aromatic carbocycles. The summed E-state index contributed by atoms with van der Waals surface area (Å²) in [7, 11) is 1.55. The van der Waals surface area contributed by atoms with Crippen LogP contribution < -0.4 is 16.0 Å². The van der Waals surface area contributed by atoms with Gasteiger partial charge in [0.1, 0.15) is 6.07 Å². The fourth-order valence-corrected chi connectivity index (χ4v) is 3.91. The minimum atomic E-state index is -0.610. The summed E-state index contributed by atoms with van der Waals surface area (Å²) in [6.07, 6.45) is 4.25. The van der Waals surface area contributed by atoms with Crippen molar-refractivity contribution in [3.05, 3.63) is 62.4 Å². The van der Waals surface area contributed by atoms with Crippen LogP contribution in [0.4, 0.5) is 5.95 Å². The van der Waals surface area contributed by atoms with Crippen LogP contribution in [-0.4, -0.2) is 38.0 Å². The van der Waals surface area contributed by atoms with Gasteiger partial charge in [-0.25, -0.2) is 9.97 Å². The predicted octanol–water partition coefficient (Wildman–Crippen LogP) is 1.41. The van der Waals surface area contributed by atoms with E-state index in [2.05, 4.69) is 9.97 Å². The van der Waals surface area contributed by atoms with Crippen LogP contribution in [0, 0.1) is 11.3 Å². The third-order valence-electron chi connectivity index (χ3n) is 5.59. The van der Waals surface area contributed by atoms with Crippen molar-refractivity contribution in [2.45, 2.75) is 25.8 Å². The molecule has 3 heterocycles. The van der Waals surface area contributed by atoms with Gasteiger partial charge in [-0.1, -0.05) is 0 Å². The number of rotatable bonds is 3. The first-order chi connectivity index (χ1) is 14.4. The Hall–Kier alpha value is -3.80. The van der Waals surface area contributed by atoms with Gasteiger partial charge < -0.3 is 9.47 Å². The molecule has 152 valence electrons. The molecule has 3 aromatic rings. The molecule has 0 saturated carbocycles. The zero-order valence-corrected chi connectivity index (χ0v) is 16.7. The number of carbonyl (C=O) groups excluding carboxylic acids is 1. The molecule has 1 aliphatic heterocycles. The number of nitriles is 1. The van der Waals surface area contributed by atoms with E-state index in [-0.39, 0.29) is 11.8 Å². The number of Topliss-reactive ketones (excluding diaryl/α,β-unsaturated/α-hetero) is 1. The molecule has 4 rings (SSSR count). The molecule has 0 N–H and O–H groups in total. The van der Waals surface area contributed by atoms with Crippen LogP contribution in [0.1, 0.15) is 41.7 Å². The number of anilines is 1. The number of hydrogen-bond acceptors (Lipinski definition) is 7. The standard InChI is InChI=1S/C21H20N6O3/c1-13(28)15-3-4-17-18(9-15)25(2)19(29)20(30)27(17)16-5-7-26(8-6-16)21-23-11-14(10-22)12-24-21/h3-4,9,11-12,16H,5-8H2,1-2H3. The monoisotopic (exact) mass is 404 g/mol. The average Bonchev–Trinajstić information content (AvgIpc) is 2.78. The molecule has 0 atom stereocenters. The molecule has 9 nitrogen and oxygen atoms in total. The number of nitrogens with zero attached hydrogens (tertiary/aromatic N) is 6. The van der Waals surface area contributed by atoms with Gasteiger partial charge in [-0.2, -0.15) is 5.26 Å². The number of benzene rings is 1. The zero-order valence-electron chi connectivity index (χ0n) is 16.7. The molecule has 1 aliphatic rings. The van der Waals surface area contributed by atoms with Crippen molar-refractivity contribution < 1.29 is 4.79 Å². The largest absolute Gasteiger partial charge is 0.341 e. The molecular formula is C21H20N6O3. The number of piperidine rings is 1. The summed E-state index contributed by atoms with van der Waals surface area (Å²) >= 11 is 0. The highest BCUT2D eigenvalue weighted by atomic mass is 16.2. The Morgan fingerprint density at radius 3 is 2.37 bits per heavy atom. The summed E-state index contributed by atoms with van der Waals surface area (Å²) in [4.78, 5) is 47.6. The van der Waals surface area contributed by atoms with E-state index in [1.165, 1.54) is 23.9 Å². The highest BCUT2D eigenvalue weighted by Gasteiger charge is 2.25. The van der Waals surface area contributed by atoms with E-state index in [0.717, 1.165) is 0 Å². The van der Waals surface area contributed by atoms with Gasteiger partial charge in [0.2, 0.25) is 5.95 Å². The fourth-order valence-electron chi connectivity index (χ4n) is 3.91. The maximum atomic E-state index is 12.8. The molecular weight excluding hydrogens is 384 g/mol. The van der Waals surface area contributed by atoms with Crippen molar-refractivity contribution in [3.63, 3.8) is 0 Å². The SMILES string of the molecule is CC(=O)c1ccc2c(c1)n(C)c(=O)c(=O)n2C1CCN(c2ncc(C#N)cn2)CC1. The first-order valence-corrected chi connectivity index (χ1v) is 9.64. The lowest BCUT2D eigenvalue weighted by Crippen LogP contribution is -2.45. The second-order valence-electron chi connectivity index (χ2n) is 7.40. The maximum absolute atomic E-state index is 12.8. The highest BCUT2D eigenvalue weighted by molar-refractivity contribution is 5.97. The molecule has 2 aromatic heterocycles. The minimum absolute atomic E-state index is 0.0992. The number of carbonyl (C=O) groups is 1. The van der Waals surface area contributed by atoms with Crippen LogP contribution >= 0.6 is 0 Å². The van der Waals surface area contributed by atoms with Gasteiger partial charge in [0.25, 0.3) is 0 Å². The predicted molar refractivity (Wildman–Crippen MR) is 111 cm³/mol. The van der Waals surface area contributed by atoms with Gasteiger partial charge >= 0.3 is 11.1 Å². The summed E-state index contributed by atoms with van der Waals surface area (Å²) in [6.45, 7) is 2.70. The van der Waals surface area contributed by atoms with Crippen molar-refractivity contribution in [1.29, 1.82) is 5.26 Å². The lowest BCUT2D eigenvalue weighted by atomic mass is 10.0. The Labute approximate surface area is 171 Å². The highest BCUT2D eigenvalue weighted by Crippen LogP contribution is 2.26. The van der Waals surface area contributed by atoms with Gasteiger partial charge in [-0.15, -0.1) is 0 Å². The van der Waals surface area contributed by atoms with Crippen LogP contribution in [0.25, 0.3) is 11.0 Å². The van der Waals surface area contributed by atoms with Crippen molar-refractivity contribution in [1.82, 2.24) is 19.1 Å².